The first-order valence-corrected chi connectivity index (χ1v) is 11.8. The number of hydrogen-bond donors (Lipinski definition) is 0. The lowest BCUT2D eigenvalue weighted by Crippen LogP contribution is -2.51. The van der Waals surface area contributed by atoms with Gasteiger partial charge in [-0.1, -0.05) is 66.7 Å². The van der Waals surface area contributed by atoms with E-state index in [1.807, 2.05) is 0 Å². The van der Waals surface area contributed by atoms with Gasteiger partial charge in [0.2, 0.25) is 0 Å². The maximum Gasteiger partial charge on any atom is 0.130 e. The van der Waals surface area contributed by atoms with Crippen LogP contribution in [0, 0.1) is 0 Å². The highest BCUT2D eigenvalue weighted by Crippen LogP contribution is 2.57. The minimum atomic E-state index is 0.00342. The van der Waals surface area contributed by atoms with Crippen LogP contribution in [0.15, 0.2) is 91.0 Å². The maximum absolute atomic E-state index is 2.62. The van der Waals surface area contributed by atoms with Crippen molar-refractivity contribution in [3.63, 3.8) is 0 Å². The molecule has 3 aromatic rings. The molecule has 2 aliphatic rings. The predicted octanol–water partition coefficient (Wildman–Crippen LogP) is 5.67. The van der Waals surface area contributed by atoms with E-state index >= 15 is 0 Å². The zero-order valence-corrected chi connectivity index (χ0v) is 17.4. The molecule has 2 fully saturated rings. The number of thioether (sulfide) groups is 2. The molecule has 0 aliphatic carbocycles. The molecule has 4 heteroatoms. The van der Waals surface area contributed by atoms with Crippen molar-refractivity contribution in [1.82, 2.24) is 0 Å². The molecule has 2 nitrogen and oxygen atoms in total. The van der Waals surface area contributed by atoms with Gasteiger partial charge in [-0.3, -0.25) is 0 Å². The summed E-state index contributed by atoms with van der Waals surface area (Å²) in [6.45, 7) is 2.08. The first kappa shape index (κ1) is 18.0. The highest BCUT2D eigenvalue weighted by atomic mass is 32.2. The van der Waals surface area contributed by atoms with Crippen LogP contribution in [0.3, 0.4) is 0 Å². The van der Waals surface area contributed by atoms with E-state index < -0.39 is 0 Å². The lowest BCUT2D eigenvalue weighted by molar-refractivity contribution is 0.619. The molecule has 5 rings (SSSR count). The fraction of sp³-hybridized carbons (Fsp3) is 0.250. The molecule has 0 radical (unpaired) electrons. The van der Waals surface area contributed by atoms with E-state index in [2.05, 4.69) is 124 Å². The van der Waals surface area contributed by atoms with E-state index in [-0.39, 0.29) is 10.2 Å². The molecule has 2 heterocycles. The van der Waals surface area contributed by atoms with Crippen molar-refractivity contribution in [2.75, 3.05) is 34.4 Å². The molecule has 0 bridgehead atoms. The molecule has 0 atom stereocenters. The fourth-order valence-corrected chi connectivity index (χ4v) is 7.90. The minimum Gasteiger partial charge on any atom is -0.347 e. The highest BCUT2D eigenvalue weighted by molar-refractivity contribution is 8.20. The van der Waals surface area contributed by atoms with Crippen LogP contribution in [-0.4, -0.2) is 30.8 Å². The molecule has 28 heavy (non-hydrogen) atoms. The average Bonchev–Trinajstić information content (AvgIpc) is 3.44. The molecule has 2 aliphatic heterocycles. The normalized spacial score (nSPS) is 19.3. The summed E-state index contributed by atoms with van der Waals surface area (Å²) in [5.41, 5.74) is 4.06. The second-order valence-corrected chi connectivity index (χ2v) is 10.1. The van der Waals surface area contributed by atoms with E-state index in [4.69, 9.17) is 0 Å². The molecular weight excluding hydrogens is 380 g/mol. The lowest BCUT2D eigenvalue weighted by Gasteiger charge is -2.44. The van der Waals surface area contributed by atoms with E-state index in [0.29, 0.717) is 0 Å². The Morgan fingerprint density at radius 1 is 0.607 bits per heavy atom. The Morgan fingerprint density at radius 2 is 1.04 bits per heavy atom. The molecule has 0 spiro atoms. The van der Waals surface area contributed by atoms with Crippen molar-refractivity contribution in [3.05, 3.63) is 96.6 Å². The van der Waals surface area contributed by atoms with E-state index in [9.17, 15) is 0 Å². The Labute approximate surface area is 175 Å². The average molecular weight is 405 g/mol. The second kappa shape index (κ2) is 7.76. The van der Waals surface area contributed by atoms with Gasteiger partial charge in [-0.2, -0.15) is 0 Å². The Hall–Kier alpha value is -2.04. The van der Waals surface area contributed by atoms with Gasteiger partial charge in [-0.25, -0.2) is 0 Å². The van der Waals surface area contributed by atoms with Gasteiger partial charge >= 0.3 is 0 Å². The summed E-state index contributed by atoms with van der Waals surface area (Å²) in [6, 6.07) is 33.0. The number of benzene rings is 3. The first-order valence-electron chi connectivity index (χ1n) is 9.85. The van der Waals surface area contributed by atoms with Crippen LogP contribution in [0.25, 0.3) is 0 Å². The van der Waals surface area contributed by atoms with Crippen molar-refractivity contribution < 1.29 is 0 Å². The summed E-state index contributed by atoms with van der Waals surface area (Å²) in [7, 11) is 0. The molecule has 142 valence electrons. The summed E-state index contributed by atoms with van der Waals surface area (Å²) < 4.78 is 0.00342. The van der Waals surface area contributed by atoms with Crippen molar-refractivity contribution >= 4 is 34.9 Å². The zero-order valence-electron chi connectivity index (χ0n) is 15.8. The number of hydrogen-bond acceptors (Lipinski definition) is 4. The van der Waals surface area contributed by atoms with Crippen LogP contribution in [0.4, 0.5) is 11.4 Å². The van der Waals surface area contributed by atoms with Gasteiger partial charge in [0, 0.05) is 36.0 Å². The second-order valence-electron chi connectivity index (χ2n) is 7.16. The van der Waals surface area contributed by atoms with Gasteiger partial charge in [-0.05, 0) is 29.8 Å². The van der Waals surface area contributed by atoms with Crippen LogP contribution in [0.5, 0.6) is 0 Å². The molecule has 0 aromatic heterocycles. The first-order chi connectivity index (χ1) is 13.9. The number of nitrogens with zero attached hydrogens (tertiary/aromatic N) is 2. The Kier molecular flexibility index (Phi) is 5.00. The Morgan fingerprint density at radius 3 is 1.50 bits per heavy atom. The van der Waals surface area contributed by atoms with E-state index in [0.717, 1.165) is 13.1 Å². The third-order valence-corrected chi connectivity index (χ3v) is 9.11. The van der Waals surface area contributed by atoms with Crippen LogP contribution in [0.2, 0.25) is 0 Å². The van der Waals surface area contributed by atoms with Gasteiger partial charge in [0.25, 0.3) is 0 Å². The Balaban J connectivity index is 1.65. The molecule has 0 saturated carbocycles. The lowest BCUT2D eigenvalue weighted by atomic mass is 10.1. The molecule has 0 amide bonds. The minimum absolute atomic E-state index is 0.00342. The van der Waals surface area contributed by atoms with E-state index in [1.165, 1.54) is 28.4 Å². The third-order valence-electron chi connectivity index (χ3n) is 5.58. The maximum atomic E-state index is 2.62. The van der Waals surface area contributed by atoms with Gasteiger partial charge in [-0.15, -0.1) is 23.5 Å². The van der Waals surface area contributed by atoms with Crippen molar-refractivity contribution in [1.29, 1.82) is 0 Å². The van der Waals surface area contributed by atoms with E-state index in [1.54, 1.807) is 0 Å². The summed E-state index contributed by atoms with van der Waals surface area (Å²) in [6.07, 6.45) is 0.275. The largest absolute Gasteiger partial charge is 0.347 e. The summed E-state index contributed by atoms with van der Waals surface area (Å²) in [5.74, 6) is 2.39. The van der Waals surface area contributed by atoms with Gasteiger partial charge in [0.05, 0.1) is 0 Å². The molecule has 2 saturated heterocycles. The zero-order chi connectivity index (χ0) is 18.8. The molecule has 0 N–H and O–H groups in total. The highest BCUT2D eigenvalue weighted by Gasteiger charge is 2.52. The molecular formula is C24H24N2S2. The quantitative estimate of drug-likeness (QED) is 0.552. The summed E-state index contributed by atoms with van der Waals surface area (Å²) >= 11 is 4.23. The molecule has 3 aromatic carbocycles. The van der Waals surface area contributed by atoms with Gasteiger partial charge in [0.15, 0.2) is 0 Å². The standard InChI is InChI=1S/C24H24N2S2/c1-4-10-20(11-5-1)24(27-18-19-28-24)23-25(21-12-6-2-7-13-21)16-17-26(23)22-14-8-3-9-15-22/h1-15,23H,16-19H2. The topological polar surface area (TPSA) is 6.48 Å². The summed E-state index contributed by atoms with van der Waals surface area (Å²) in [4.78, 5) is 5.23. The van der Waals surface area contributed by atoms with Crippen LogP contribution < -0.4 is 9.80 Å². The van der Waals surface area contributed by atoms with Gasteiger partial charge < -0.3 is 9.80 Å². The Bertz CT molecular complexity index is 848. The smallest absolute Gasteiger partial charge is 0.130 e. The fourth-order valence-electron chi connectivity index (χ4n) is 4.38. The number of para-hydroxylation sites is 2. The van der Waals surface area contributed by atoms with Crippen molar-refractivity contribution in [2.45, 2.75) is 10.2 Å². The third kappa shape index (κ3) is 3.09. The van der Waals surface area contributed by atoms with Crippen LogP contribution in [0.1, 0.15) is 5.56 Å². The molecule has 0 unspecified atom stereocenters. The van der Waals surface area contributed by atoms with Crippen molar-refractivity contribution in [3.8, 4) is 0 Å². The van der Waals surface area contributed by atoms with Crippen LogP contribution in [-0.2, 0) is 4.08 Å². The van der Waals surface area contributed by atoms with Crippen molar-refractivity contribution in [2.24, 2.45) is 0 Å². The number of anilines is 2. The SMILES string of the molecule is c1ccc(N2CCN(c3ccccc3)C2C2(c3ccccc3)SCCS2)cc1. The van der Waals surface area contributed by atoms with Gasteiger partial charge in [0.1, 0.15) is 10.2 Å². The summed E-state index contributed by atoms with van der Waals surface area (Å²) in [5, 5.41) is 0. The van der Waals surface area contributed by atoms with Crippen LogP contribution >= 0.6 is 23.5 Å². The predicted molar refractivity (Wildman–Crippen MR) is 124 cm³/mol. The monoisotopic (exact) mass is 404 g/mol. The number of rotatable bonds is 4.